The number of aryl methyl sites for hydroxylation is 2. The molecule has 9 heteroatoms. The van der Waals surface area contributed by atoms with Gasteiger partial charge in [-0.05, 0) is 72.7 Å². The maximum absolute atomic E-state index is 12.6. The molecule has 0 radical (unpaired) electrons. The van der Waals surface area contributed by atoms with Crippen LogP contribution in [0.4, 0.5) is 5.95 Å². The summed E-state index contributed by atoms with van der Waals surface area (Å²) in [4.78, 5) is 17.4. The number of hydrogen-bond acceptors (Lipinski definition) is 5. The van der Waals surface area contributed by atoms with Gasteiger partial charge in [0, 0.05) is 15.6 Å². The van der Waals surface area contributed by atoms with Gasteiger partial charge in [0.15, 0.2) is 0 Å². The van der Waals surface area contributed by atoms with Crippen molar-refractivity contribution in [1.82, 2.24) is 14.8 Å². The topological polar surface area (TPSA) is 69.0 Å². The van der Waals surface area contributed by atoms with E-state index in [0.29, 0.717) is 28.1 Å². The van der Waals surface area contributed by atoms with Crippen LogP contribution in [0.25, 0.3) is 0 Å². The average molecular weight is 501 g/mol. The van der Waals surface area contributed by atoms with E-state index in [2.05, 4.69) is 28.4 Å². The van der Waals surface area contributed by atoms with Gasteiger partial charge in [-0.2, -0.15) is 0 Å². The number of aromatic nitrogens is 3. The summed E-state index contributed by atoms with van der Waals surface area (Å²) in [5.74, 6) is 0.818. The molecule has 0 atom stereocenters. The molecule has 0 saturated carbocycles. The van der Waals surface area contributed by atoms with Gasteiger partial charge < -0.3 is 4.74 Å². The van der Waals surface area contributed by atoms with Crippen LogP contribution >= 0.6 is 34.5 Å². The second-order valence-electron chi connectivity index (χ2n) is 7.77. The molecule has 2 aromatic heterocycles. The van der Waals surface area contributed by atoms with E-state index in [0.717, 1.165) is 28.0 Å². The maximum Gasteiger partial charge on any atom is 0.268 e. The molecule has 2 heterocycles. The lowest BCUT2D eigenvalue weighted by molar-refractivity contribution is 0.102. The predicted molar refractivity (Wildman–Crippen MR) is 133 cm³/mol. The third-order valence-electron chi connectivity index (χ3n) is 5.15. The molecular weight excluding hydrogens is 479 g/mol. The first-order chi connectivity index (χ1) is 15.8. The summed E-state index contributed by atoms with van der Waals surface area (Å²) in [6, 6.07) is 11.3. The quantitative estimate of drug-likeness (QED) is 0.316. The normalized spacial score (nSPS) is 10.9. The minimum atomic E-state index is -0.267. The molecule has 1 N–H and O–H groups in total. The zero-order valence-electron chi connectivity index (χ0n) is 18.4. The number of nitrogens with zero attached hydrogens (tertiary/aromatic N) is 3. The number of hydrogen-bond donors (Lipinski definition) is 1. The van der Waals surface area contributed by atoms with Crippen molar-refractivity contribution in [1.29, 1.82) is 0 Å². The highest BCUT2D eigenvalue weighted by Crippen LogP contribution is 2.25. The molecule has 33 heavy (non-hydrogen) atoms. The van der Waals surface area contributed by atoms with Crippen molar-refractivity contribution in [3.63, 3.8) is 0 Å². The maximum atomic E-state index is 12.6. The van der Waals surface area contributed by atoms with Gasteiger partial charge in [-0.1, -0.05) is 35.3 Å². The largest absolute Gasteiger partial charge is 0.489 e. The first kappa shape index (κ1) is 23.3. The highest BCUT2D eigenvalue weighted by molar-refractivity contribution is 7.12. The van der Waals surface area contributed by atoms with Gasteiger partial charge in [0.1, 0.15) is 18.7 Å². The molecule has 0 bridgehead atoms. The highest BCUT2D eigenvalue weighted by atomic mass is 35.5. The molecule has 0 aliphatic heterocycles. The predicted octanol–water partition coefficient (Wildman–Crippen LogP) is 6.45. The van der Waals surface area contributed by atoms with E-state index in [4.69, 9.17) is 27.9 Å². The minimum Gasteiger partial charge on any atom is -0.489 e. The van der Waals surface area contributed by atoms with Crippen LogP contribution in [0.1, 0.15) is 37.5 Å². The first-order valence-corrected chi connectivity index (χ1v) is 11.8. The summed E-state index contributed by atoms with van der Waals surface area (Å²) in [5, 5.41) is 10.1. The number of nitrogens with one attached hydrogen (secondary N) is 1. The first-order valence-electron chi connectivity index (χ1n) is 10.2. The lowest BCUT2D eigenvalue weighted by Gasteiger charge is -2.11. The second-order valence-corrected chi connectivity index (χ2v) is 9.52. The third-order valence-corrected chi connectivity index (χ3v) is 6.71. The van der Waals surface area contributed by atoms with Crippen molar-refractivity contribution in [2.45, 2.75) is 33.9 Å². The number of amides is 1. The van der Waals surface area contributed by atoms with E-state index in [1.165, 1.54) is 16.9 Å². The van der Waals surface area contributed by atoms with E-state index < -0.39 is 0 Å². The molecule has 2 aromatic carbocycles. The Hall–Kier alpha value is -2.87. The van der Waals surface area contributed by atoms with Crippen molar-refractivity contribution < 1.29 is 9.53 Å². The van der Waals surface area contributed by atoms with Gasteiger partial charge in [-0.15, -0.1) is 16.4 Å². The van der Waals surface area contributed by atoms with Crippen LogP contribution in [0.2, 0.25) is 10.0 Å². The van der Waals surface area contributed by atoms with Crippen LogP contribution in [-0.4, -0.2) is 20.7 Å². The SMILES string of the molecule is Cc1cc(C)c(C)c(OCc2csc(C(=O)Nc3ncn(Cc4ccc(Cl)cc4Cl)n3)c2)c1. The van der Waals surface area contributed by atoms with Crippen molar-refractivity contribution >= 4 is 46.4 Å². The fourth-order valence-electron chi connectivity index (χ4n) is 3.30. The van der Waals surface area contributed by atoms with Crippen LogP contribution in [0.15, 0.2) is 48.1 Å². The fraction of sp³-hybridized carbons (Fsp3) is 0.208. The summed E-state index contributed by atoms with van der Waals surface area (Å²) in [7, 11) is 0. The summed E-state index contributed by atoms with van der Waals surface area (Å²) in [6.07, 6.45) is 1.54. The molecule has 4 rings (SSSR count). The summed E-state index contributed by atoms with van der Waals surface area (Å²) in [6.45, 7) is 6.97. The second kappa shape index (κ2) is 9.95. The third kappa shape index (κ3) is 5.74. The zero-order valence-corrected chi connectivity index (χ0v) is 20.7. The van der Waals surface area contributed by atoms with Gasteiger partial charge in [0.05, 0.1) is 11.4 Å². The smallest absolute Gasteiger partial charge is 0.268 e. The molecule has 6 nitrogen and oxygen atoms in total. The summed E-state index contributed by atoms with van der Waals surface area (Å²) >= 11 is 13.5. The van der Waals surface area contributed by atoms with Gasteiger partial charge in [0.2, 0.25) is 5.95 Å². The summed E-state index contributed by atoms with van der Waals surface area (Å²) < 4.78 is 7.60. The number of anilines is 1. The van der Waals surface area contributed by atoms with Crippen molar-refractivity contribution in [2.24, 2.45) is 0 Å². The van der Waals surface area contributed by atoms with Crippen molar-refractivity contribution in [3.05, 3.63) is 90.8 Å². The lowest BCUT2D eigenvalue weighted by Crippen LogP contribution is -2.12. The molecule has 0 saturated heterocycles. The number of carbonyl (C=O) groups excluding carboxylic acids is 1. The van der Waals surface area contributed by atoms with Gasteiger partial charge in [0.25, 0.3) is 5.91 Å². The van der Waals surface area contributed by atoms with Crippen LogP contribution in [0.5, 0.6) is 5.75 Å². The monoisotopic (exact) mass is 500 g/mol. The molecule has 0 aliphatic carbocycles. The number of benzene rings is 2. The molecule has 0 aliphatic rings. The molecular formula is C24H22Cl2N4O2S. The fourth-order valence-corrected chi connectivity index (χ4v) is 4.56. The van der Waals surface area contributed by atoms with E-state index in [9.17, 15) is 4.79 Å². The van der Waals surface area contributed by atoms with E-state index >= 15 is 0 Å². The Kier molecular flexibility index (Phi) is 7.02. The number of ether oxygens (including phenoxy) is 1. The Labute approximate surface area is 206 Å². The highest BCUT2D eigenvalue weighted by Gasteiger charge is 2.13. The molecule has 0 unspecified atom stereocenters. The van der Waals surface area contributed by atoms with Crippen molar-refractivity contribution in [3.8, 4) is 5.75 Å². The van der Waals surface area contributed by atoms with Crippen LogP contribution in [-0.2, 0) is 13.2 Å². The average Bonchev–Trinajstić information content (AvgIpc) is 3.41. The van der Waals surface area contributed by atoms with Gasteiger partial charge >= 0.3 is 0 Å². The number of thiophene rings is 1. The number of rotatable bonds is 7. The Balaban J connectivity index is 1.36. The van der Waals surface area contributed by atoms with Crippen LogP contribution in [0.3, 0.4) is 0 Å². The Morgan fingerprint density at radius 2 is 1.97 bits per heavy atom. The van der Waals surface area contributed by atoms with E-state index in [1.807, 2.05) is 37.4 Å². The standard InChI is InChI=1S/C24H22Cl2N4O2S/c1-14-6-15(2)16(3)21(7-14)32-11-17-8-22(33-12-17)23(31)28-24-27-13-30(29-24)10-18-4-5-19(25)9-20(18)26/h4-9,12-13H,10-11H2,1-3H3,(H,28,29,31). The minimum absolute atomic E-state index is 0.224. The van der Waals surface area contributed by atoms with Gasteiger partial charge in [-0.25, -0.2) is 9.67 Å². The van der Waals surface area contributed by atoms with Crippen LogP contribution in [0, 0.1) is 20.8 Å². The van der Waals surface area contributed by atoms with Crippen LogP contribution < -0.4 is 10.1 Å². The number of carbonyl (C=O) groups is 1. The molecule has 0 fully saturated rings. The molecule has 4 aromatic rings. The van der Waals surface area contributed by atoms with Gasteiger partial charge in [-0.3, -0.25) is 10.1 Å². The Morgan fingerprint density at radius 3 is 2.76 bits per heavy atom. The Morgan fingerprint density at radius 1 is 1.15 bits per heavy atom. The van der Waals surface area contributed by atoms with Crippen molar-refractivity contribution in [2.75, 3.05) is 5.32 Å². The van der Waals surface area contributed by atoms with E-state index in [1.54, 1.807) is 23.1 Å². The zero-order chi connectivity index (χ0) is 23.5. The van der Waals surface area contributed by atoms with E-state index in [-0.39, 0.29) is 11.9 Å². The molecule has 1 amide bonds. The molecule has 170 valence electrons. The molecule has 0 spiro atoms. The Bertz CT molecular complexity index is 1320. The number of halogens is 2. The summed E-state index contributed by atoms with van der Waals surface area (Å²) in [5.41, 5.74) is 5.25. The lowest BCUT2D eigenvalue weighted by atomic mass is 10.1.